The van der Waals surface area contributed by atoms with Gasteiger partial charge in [-0.05, 0) is 86.1 Å². The number of rotatable bonds is 4. The van der Waals surface area contributed by atoms with Crippen molar-refractivity contribution in [1.29, 1.82) is 0 Å². The van der Waals surface area contributed by atoms with E-state index in [1.54, 1.807) is 0 Å². The highest BCUT2D eigenvalue weighted by molar-refractivity contribution is 6.21. The van der Waals surface area contributed by atoms with Crippen molar-refractivity contribution in [2.75, 3.05) is 0 Å². The van der Waals surface area contributed by atoms with Gasteiger partial charge >= 0.3 is 0 Å². The molecule has 198 valence electrons. The van der Waals surface area contributed by atoms with Crippen LogP contribution in [0.25, 0.3) is 71.6 Å². The summed E-state index contributed by atoms with van der Waals surface area (Å²) in [4.78, 5) is 4.78. The molecule has 0 saturated carbocycles. The van der Waals surface area contributed by atoms with E-state index in [1.165, 1.54) is 54.9 Å². The minimum absolute atomic E-state index is 0.988. The maximum absolute atomic E-state index is 4.78. The van der Waals surface area contributed by atoms with Crippen LogP contribution in [-0.4, -0.2) is 9.55 Å². The number of hydrogen-bond acceptors (Lipinski definition) is 1. The van der Waals surface area contributed by atoms with Crippen molar-refractivity contribution in [3.63, 3.8) is 0 Å². The first-order valence-electron chi connectivity index (χ1n) is 14.4. The summed E-state index contributed by atoms with van der Waals surface area (Å²) in [5.41, 5.74) is 10.7. The summed E-state index contributed by atoms with van der Waals surface area (Å²) >= 11 is 0. The lowest BCUT2D eigenvalue weighted by Gasteiger charge is -2.18. The molecule has 1 aromatic heterocycles. The number of aryl methyl sites for hydroxylation is 1. The molecule has 0 aliphatic rings. The summed E-state index contributed by atoms with van der Waals surface area (Å²) in [6.07, 6.45) is 0. The van der Waals surface area contributed by atoms with Gasteiger partial charge < -0.3 is 0 Å². The van der Waals surface area contributed by atoms with Crippen molar-refractivity contribution in [2.45, 2.75) is 6.92 Å². The molecular weight excluding hydrogens is 508 g/mol. The first-order chi connectivity index (χ1) is 20.8. The minimum atomic E-state index is 0.988. The number of imidazole rings is 1. The van der Waals surface area contributed by atoms with E-state index in [0.29, 0.717) is 0 Å². The van der Waals surface area contributed by atoms with Crippen molar-refractivity contribution in [2.24, 2.45) is 0 Å². The lowest BCUT2D eigenvalue weighted by Crippen LogP contribution is -1.97. The lowest BCUT2D eigenvalue weighted by molar-refractivity contribution is 1.00. The molecule has 7 aromatic carbocycles. The number of nitrogens with zero attached hydrogens (tertiary/aromatic N) is 2. The van der Waals surface area contributed by atoms with Gasteiger partial charge in [0.15, 0.2) is 0 Å². The Morgan fingerprint density at radius 3 is 1.40 bits per heavy atom. The third-order valence-corrected chi connectivity index (χ3v) is 8.35. The van der Waals surface area contributed by atoms with Crippen molar-refractivity contribution in [3.05, 3.63) is 157 Å². The monoisotopic (exact) mass is 536 g/mol. The largest absolute Gasteiger partial charge is 0.297 e. The summed E-state index contributed by atoms with van der Waals surface area (Å²) in [6.45, 7) is 2.07. The second kappa shape index (κ2) is 9.87. The summed E-state index contributed by atoms with van der Waals surface area (Å²) in [5, 5.41) is 5.05. The molecule has 0 radical (unpaired) electrons. The highest BCUT2D eigenvalue weighted by atomic mass is 15.1. The maximum Gasteiger partial charge on any atom is 0.111 e. The van der Waals surface area contributed by atoms with Gasteiger partial charge in [0.25, 0.3) is 0 Å². The van der Waals surface area contributed by atoms with Crippen LogP contribution in [0.15, 0.2) is 152 Å². The molecule has 8 rings (SSSR count). The fraction of sp³-hybridized carbons (Fsp3) is 0.0250. The molecule has 0 atom stereocenters. The second-order valence-corrected chi connectivity index (χ2v) is 10.8. The normalized spacial score (nSPS) is 11.5. The van der Waals surface area contributed by atoms with Gasteiger partial charge in [0.2, 0.25) is 0 Å². The van der Waals surface area contributed by atoms with E-state index < -0.39 is 0 Å². The Balaban J connectivity index is 1.30. The van der Waals surface area contributed by atoms with Crippen LogP contribution in [0.2, 0.25) is 0 Å². The van der Waals surface area contributed by atoms with Gasteiger partial charge in [-0.1, -0.05) is 127 Å². The molecule has 42 heavy (non-hydrogen) atoms. The number of para-hydroxylation sites is 2. The molecule has 0 fully saturated rings. The molecule has 1 heterocycles. The Labute approximate surface area is 245 Å². The maximum atomic E-state index is 4.78. The number of aromatic nitrogens is 2. The zero-order chi connectivity index (χ0) is 28.0. The topological polar surface area (TPSA) is 17.8 Å². The molecule has 0 amide bonds. The van der Waals surface area contributed by atoms with Gasteiger partial charge in [-0.15, -0.1) is 0 Å². The van der Waals surface area contributed by atoms with Gasteiger partial charge in [-0.2, -0.15) is 0 Å². The van der Waals surface area contributed by atoms with Crippen LogP contribution in [-0.2, 0) is 0 Å². The smallest absolute Gasteiger partial charge is 0.111 e. The molecule has 0 spiro atoms. The molecule has 0 saturated heterocycles. The van der Waals surface area contributed by atoms with Gasteiger partial charge in [0.05, 0.1) is 11.0 Å². The van der Waals surface area contributed by atoms with Crippen molar-refractivity contribution in [3.8, 4) is 39.1 Å². The van der Waals surface area contributed by atoms with E-state index in [2.05, 4.69) is 157 Å². The second-order valence-electron chi connectivity index (χ2n) is 10.8. The van der Waals surface area contributed by atoms with Crippen molar-refractivity contribution < 1.29 is 0 Å². The minimum Gasteiger partial charge on any atom is -0.297 e. The zero-order valence-corrected chi connectivity index (χ0v) is 23.3. The summed E-state index contributed by atoms with van der Waals surface area (Å²) in [7, 11) is 0. The predicted molar refractivity (Wildman–Crippen MR) is 177 cm³/mol. The fourth-order valence-corrected chi connectivity index (χ4v) is 6.46. The highest BCUT2D eigenvalue weighted by Gasteiger charge is 2.17. The van der Waals surface area contributed by atoms with Crippen LogP contribution in [0.1, 0.15) is 5.82 Å². The first-order valence-corrected chi connectivity index (χ1v) is 14.4. The molecule has 2 heteroatoms. The Morgan fingerprint density at radius 1 is 0.405 bits per heavy atom. The summed E-state index contributed by atoms with van der Waals surface area (Å²) in [6, 6.07) is 54.5. The van der Waals surface area contributed by atoms with Crippen molar-refractivity contribution >= 4 is 32.6 Å². The van der Waals surface area contributed by atoms with E-state index in [1.807, 2.05) is 6.07 Å². The Morgan fingerprint density at radius 2 is 0.833 bits per heavy atom. The standard InChI is InChI=1S/C40H28N2/c1-27-41-37-17-9-10-18-38(37)42(27)32-25-23-31(24-26-32)40-35-15-7-5-13-33(35)39(34-14-6-8-16-36(34)40)30-21-19-29(20-22-30)28-11-3-2-4-12-28/h2-26H,1H3. The van der Waals surface area contributed by atoms with E-state index in [9.17, 15) is 0 Å². The molecule has 0 aliphatic heterocycles. The number of fused-ring (bicyclic) bond motifs is 3. The van der Waals surface area contributed by atoms with Gasteiger partial charge in [-0.25, -0.2) is 4.98 Å². The average molecular weight is 537 g/mol. The zero-order valence-electron chi connectivity index (χ0n) is 23.3. The van der Waals surface area contributed by atoms with Crippen LogP contribution in [0, 0.1) is 6.92 Å². The summed E-state index contributed by atoms with van der Waals surface area (Å²) in [5.74, 6) is 0.988. The van der Waals surface area contributed by atoms with E-state index in [0.717, 1.165) is 22.5 Å². The third kappa shape index (κ3) is 3.92. The fourth-order valence-electron chi connectivity index (χ4n) is 6.46. The van der Waals surface area contributed by atoms with Crippen LogP contribution in [0.5, 0.6) is 0 Å². The molecule has 2 nitrogen and oxygen atoms in total. The van der Waals surface area contributed by atoms with Crippen molar-refractivity contribution in [1.82, 2.24) is 9.55 Å². The molecule has 0 aliphatic carbocycles. The first kappa shape index (κ1) is 24.3. The van der Waals surface area contributed by atoms with Gasteiger partial charge in [0.1, 0.15) is 5.82 Å². The average Bonchev–Trinajstić information content (AvgIpc) is 3.40. The highest BCUT2D eigenvalue weighted by Crippen LogP contribution is 2.44. The number of benzene rings is 7. The van der Waals surface area contributed by atoms with E-state index in [4.69, 9.17) is 4.98 Å². The third-order valence-electron chi connectivity index (χ3n) is 8.35. The quantitative estimate of drug-likeness (QED) is 0.205. The lowest BCUT2D eigenvalue weighted by atomic mass is 9.85. The van der Waals surface area contributed by atoms with Crippen LogP contribution < -0.4 is 0 Å². The molecule has 0 bridgehead atoms. The SMILES string of the molecule is Cc1nc2ccccc2n1-c1ccc(-c2c3ccccc3c(-c3ccc(-c4ccccc4)cc3)c3ccccc23)cc1. The Hall–Kier alpha value is -5.47. The van der Waals surface area contributed by atoms with Crippen LogP contribution in [0.3, 0.4) is 0 Å². The van der Waals surface area contributed by atoms with E-state index in [-0.39, 0.29) is 0 Å². The van der Waals surface area contributed by atoms with Crippen LogP contribution >= 0.6 is 0 Å². The Bertz CT molecular complexity index is 2170. The predicted octanol–water partition coefficient (Wildman–Crippen LogP) is 10.6. The van der Waals surface area contributed by atoms with Gasteiger partial charge in [0, 0.05) is 5.69 Å². The molecule has 0 unspecified atom stereocenters. The van der Waals surface area contributed by atoms with Crippen LogP contribution in [0.4, 0.5) is 0 Å². The molecular formula is C40H28N2. The van der Waals surface area contributed by atoms with E-state index >= 15 is 0 Å². The number of hydrogen-bond donors (Lipinski definition) is 0. The molecule has 8 aromatic rings. The summed E-state index contributed by atoms with van der Waals surface area (Å²) < 4.78 is 2.23. The Kier molecular flexibility index (Phi) is 5.72. The molecule has 0 N–H and O–H groups in total. The van der Waals surface area contributed by atoms with Gasteiger partial charge in [-0.3, -0.25) is 4.57 Å².